The van der Waals surface area contributed by atoms with E-state index in [1.54, 1.807) is 36.4 Å². The summed E-state index contributed by atoms with van der Waals surface area (Å²) in [6.45, 7) is -0.0884. The first-order valence-electron chi connectivity index (χ1n) is 13.7. The summed E-state index contributed by atoms with van der Waals surface area (Å²) in [7, 11) is 0. The van der Waals surface area contributed by atoms with Crippen LogP contribution in [0.2, 0.25) is 0 Å². The second kappa shape index (κ2) is 15.5. The molecule has 42 heavy (non-hydrogen) atoms. The first kappa shape index (κ1) is 32.0. The van der Waals surface area contributed by atoms with Crippen LogP contribution in [0.25, 0.3) is 6.08 Å². The molecule has 0 fully saturated rings. The van der Waals surface area contributed by atoms with Gasteiger partial charge in [0.1, 0.15) is 11.5 Å². The molecule has 0 bridgehead atoms. The number of carbonyl (C=O) groups excluding carboxylic acids is 1. The third-order valence-corrected chi connectivity index (χ3v) is 6.48. The molecule has 0 aliphatic rings. The molecule has 0 unspecified atom stereocenters. The van der Waals surface area contributed by atoms with E-state index in [2.05, 4.69) is 0 Å². The Morgan fingerprint density at radius 1 is 0.833 bits per heavy atom. The number of hydrogen-bond acceptors (Lipinski definition) is 6. The van der Waals surface area contributed by atoms with Crippen molar-refractivity contribution in [3.8, 4) is 11.5 Å². The average molecular weight is 585 g/mol. The molecule has 0 amide bonds. The van der Waals surface area contributed by atoms with Crippen LogP contribution in [0.1, 0.15) is 66.4 Å². The van der Waals surface area contributed by atoms with Crippen LogP contribution < -0.4 is 20.9 Å². The minimum Gasteiger partial charge on any atom is -0.494 e. The van der Waals surface area contributed by atoms with Crippen LogP contribution in [0, 0.1) is 0 Å². The summed E-state index contributed by atoms with van der Waals surface area (Å²) in [6.07, 6.45) is 1.11. The van der Waals surface area contributed by atoms with E-state index in [4.69, 9.17) is 20.9 Å². The molecule has 0 aliphatic carbocycles. The predicted molar refractivity (Wildman–Crippen MR) is 156 cm³/mol. The Hall–Kier alpha value is -4.47. The Morgan fingerprint density at radius 3 is 2.14 bits per heavy atom. The van der Waals surface area contributed by atoms with Crippen LogP contribution in [-0.2, 0) is 11.2 Å². The molecule has 0 atom stereocenters. The Morgan fingerprint density at radius 2 is 1.50 bits per heavy atom. The lowest BCUT2D eigenvalue weighted by atomic mass is 10.0. The minimum absolute atomic E-state index is 0.0884. The normalized spacial score (nSPS) is 11.7. The summed E-state index contributed by atoms with van der Waals surface area (Å²) < 4.78 is 47.3. The largest absolute Gasteiger partial charge is 0.494 e. The van der Waals surface area contributed by atoms with Gasteiger partial charge in [-0.25, -0.2) is 9.59 Å². The number of carboxylic acids is 1. The summed E-state index contributed by atoms with van der Waals surface area (Å²) in [6, 6.07) is 17.9. The van der Waals surface area contributed by atoms with Crippen LogP contribution in [0.4, 0.5) is 24.5 Å². The Balaban J connectivity index is 1.43. The van der Waals surface area contributed by atoms with Gasteiger partial charge in [0.2, 0.25) is 0 Å². The molecule has 5 N–H and O–H groups in total. The van der Waals surface area contributed by atoms with Crippen LogP contribution >= 0.6 is 0 Å². The number of rotatable bonds is 15. The van der Waals surface area contributed by atoms with Gasteiger partial charge >= 0.3 is 18.1 Å². The number of nitrogens with two attached hydrogens (primary N) is 2. The van der Waals surface area contributed by atoms with Crippen molar-refractivity contribution in [3.63, 3.8) is 0 Å². The molecule has 224 valence electrons. The minimum atomic E-state index is -4.22. The third-order valence-electron chi connectivity index (χ3n) is 6.48. The summed E-state index contributed by atoms with van der Waals surface area (Å²) in [5.41, 5.74) is 15.3. The Kier molecular flexibility index (Phi) is 11.8. The highest BCUT2D eigenvalue weighted by Crippen LogP contribution is 2.23. The number of esters is 1. The highest BCUT2D eigenvalue weighted by atomic mass is 19.4. The van der Waals surface area contributed by atoms with Gasteiger partial charge in [0.05, 0.1) is 12.2 Å². The number of aliphatic carboxylic acids is 1. The molecular weight excluding hydrogens is 549 g/mol. The van der Waals surface area contributed by atoms with Crippen molar-refractivity contribution in [3.05, 3.63) is 89.0 Å². The first-order valence-corrected chi connectivity index (χ1v) is 13.7. The summed E-state index contributed by atoms with van der Waals surface area (Å²) in [4.78, 5) is 24.2. The number of benzene rings is 3. The zero-order chi connectivity index (χ0) is 30.5. The summed E-state index contributed by atoms with van der Waals surface area (Å²) in [5, 5.41) is 9.63. The van der Waals surface area contributed by atoms with Crippen molar-refractivity contribution >= 4 is 29.4 Å². The maximum atomic E-state index is 12.5. The molecule has 10 heteroatoms. The standard InChI is InChI=1S/C32H35F3N2O5/c33-32(34,35)18-5-19-41-27-16-11-24(12-17-27)31(40)42-28-14-8-22(9-15-28)20-25(30(38)39)7-4-2-1-3-6-23-10-13-26(36)21-29(23)37/h8-17,20-21H,1-7,18-19,36-37H2,(H,38,39). The fraction of sp³-hybridized carbons (Fsp3) is 0.312. The second-order valence-corrected chi connectivity index (χ2v) is 9.90. The van der Waals surface area contributed by atoms with Gasteiger partial charge in [0.15, 0.2) is 0 Å². The van der Waals surface area contributed by atoms with Gasteiger partial charge in [-0.05, 0) is 97.8 Å². The van der Waals surface area contributed by atoms with Crippen molar-refractivity contribution < 1.29 is 37.3 Å². The SMILES string of the molecule is Nc1ccc(CCCCCCC(=Cc2ccc(OC(=O)c3ccc(OCCCC(F)(F)F)cc3)cc2)C(=O)O)c(N)c1. The van der Waals surface area contributed by atoms with Crippen molar-refractivity contribution in [2.45, 2.75) is 57.5 Å². The maximum absolute atomic E-state index is 12.5. The van der Waals surface area contributed by atoms with Gasteiger partial charge in [0, 0.05) is 23.4 Å². The zero-order valence-corrected chi connectivity index (χ0v) is 23.2. The van der Waals surface area contributed by atoms with Gasteiger partial charge in [-0.1, -0.05) is 31.0 Å². The van der Waals surface area contributed by atoms with E-state index in [9.17, 15) is 27.9 Å². The molecular formula is C32H35F3N2O5. The number of unbranched alkanes of at least 4 members (excludes halogenated alkanes) is 3. The molecule has 3 rings (SSSR count). The van der Waals surface area contributed by atoms with Crippen molar-refractivity contribution in [2.75, 3.05) is 18.1 Å². The monoisotopic (exact) mass is 584 g/mol. The predicted octanol–water partition coefficient (Wildman–Crippen LogP) is 7.45. The molecule has 7 nitrogen and oxygen atoms in total. The van der Waals surface area contributed by atoms with E-state index in [-0.39, 0.29) is 24.3 Å². The van der Waals surface area contributed by atoms with E-state index in [1.807, 2.05) is 12.1 Å². The van der Waals surface area contributed by atoms with Crippen LogP contribution in [0.3, 0.4) is 0 Å². The molecule has 0 heterocycles. The lowest BCUT2D eigenvalue weighted by Gasteiger charge is -2.09. The third kappa shape index (κ3) is 11.2. The fourth-order valence-corrected chi connectivity index (χ4v) is 4.22. The number of hydrogen-bond donors (Lipinski definition) is 3. The maximum Gasteiger partial charge on any atom is 0.389 e. The molecule has 0 spiro atoms. The quantitative estimate of drug-likeness (QED) is 0.0557. The van der Waals surface area contributed by atoms with Crippen LogP contribution in [0.5, 0.6) is 11.5 Å². The number of halogens is 3. The molecule has 0 saturated carbocycles. The highest BCUT2D eigenvalue weighted by Gasteiger charge is 2.26. The lowest BCUT2D eigenvalue weighted by molar-refractivity contribution is -0.136. The van der Waals surface area contributed by atoms with Gasteiger partial charge < -0.3 is 26.0 Å². The average Bonchev–Trinajstić information content (AvgIpc) is 2.94. The van der Waals surface area contributed by atoms with Gasteiger partial charge in [-0.15, -0.1) is 0 Å². The summed E-state index contributed by atoms with van der Waals surface area (Å²) >= 11 is 0. The smallest absolute Gasteiger partial charge is 0.389 e. The van der Waals surface area contributed by atoms with E-state index in [0.29, 0.717) is 34.7 Å². The van der Waals surface area contributed by atoms with Gasteiger partial charge in [-0.2, -0.15) is 13.2 Å². The molecule has 0 radical (unpaired) electrons. The molecule has 0 saturated heterocycles. The number of alkyl halides is 3. The number of ether oxygens (including phenoxy) is 2. The van der Waals surface area contributed by atoms with E-state index < -0.39 is 24.5 Å². The fourth-order valence-electron chi connectivity index (χ4n) is 4.22. The van der Waals surface area contributed by atoms with E-state index >= 15 is 0 Å². The molecule has 0 aliphatic heterocycles. The molecule has 3 aromatic carbocycles. The number of aryl methyl sites for hydroxylation is 1. The number of anilines is 2. The van der Waals surface area contributed by atoms with E-state index in [1.165, 1.54) is 24.3 Å². The van der Waals surface area contributed by atoms with Crippen LogP contribution in [-0.4, -0.2) is 29.8 Å². The lowest BCUT2D eigenvalue weighted by Crippen LogP contribution is -2.10. The number of carbonyl (C=O) groups is 2. The highest BCUT2D eigenvalue weighted by molar-refractivity contribution is 5.92. The van der Waals surface area contributed by atoms with Crippen LogP contribution in [0.15, 0.2) is 72.3 Å². The van der Waals surface area contributed by atoms with Crippen molar-refractivity contribution in [2.24, 2.45) is 0 Å². The Bertz CT molecular complexity index is 1350. The van der Waals surface area contributed by atoms with Crippen molar-refractivity contribution in [1.29, 1.82) is 0 Å². The zero-order valence-electron chi connectivity index (χ0n) is 23.2. The topological polar surface area (TPSA) is 125 Å². The summed E-state index contributed by atoms with van der Waals surface area (Å²) in [5.74, 6) is -0.967. The second-order valence-electron chi connectivity index (χ2n) is 9.90. The van der Waals surface area contributed by atoms with E-state index in [0.717, 1.165) is 37.7 Å². The number of nitrogen functional groups attached to an aromatic ring is 2. The Labute approximate surface area is 242 Å². The van der Waals surface area contributed by atoms with Crippen molar-refractivity contribution in [1.82, 2.24) is 0 Å². The first-order chi connectivity index (χ1) is 20.0. The molecule has 0 aromatic heterocycles. The number of carboxylic acid groups (broad SMARTS) is 1. The van der Waals surface area contributed by atoms with Gasteiger partial charge in [0.25, 0.3) is 0 Å². The van der Waals surface area contributed by atoms with Gasteiger partial charge in [-0.3, -0.25) is 0 Å². The molecule has 3 aromatic rings.